The minimum atomic E-state index is -2.91. The number of amides is 1. The summed E-state index contributed by atoms with van der Waals surface area (Å²) in [5.41, 5.74) is 0.698. The summed E-state index contributed by atoms with van der Waals surface area (Å²) in [4.78, 5) is 34.5. The number of halogens is 3. The first kappa shape index (κ1) is 27.6. The number of carbonyl (C=O) groups excluding carboxylic acids is 1. The fraction of sp³-hybridized carbons (Fsp3) is 0.483. The Morgan fingerprint density at radius 1 is 1.12 bits per heavy atom. The van der Waals surface area contributed by atoms with Gasteiger partial charge in [0.25, 0.3) is 12.0 Å². The van der Waals surface area contributed by atoms with E-state index in [1.807, 2.05) is 12.1 Å². The molecule has 1 N–H and O–H groups in total. The van der Waals surface area contributed by atoms with E-state index in [1.165, 1.54) is 28.4 Å². The van der Waals surface area contributed by atoms with E-state index in [4.69, 9.17) is 0 Å². The highest BCUT2D eigenvalue weighted by molar-refractivity contribution is 5.77. The molecule has 3 aliphatic rings. The molecule has 4 aromatic rings. The van der Waals surface area contributed by atoms with E-state index in [2.05, 4.69) is 32.2 Å². The topological polar surface area (TPSA) is 114 Å². The predicted molar refractivity (Wildman–Crippen MR) is 150 cm³/mol. The number of rotatable bonds is 8. The molecule has 3 atom stereocenters. The SMILES string of the molecule is O=C(C[C@@H](C(F)F)n1ccc(F)n1)N1CCC(O)(Cn2cnc3c(cnn3-c3cccc(N4CC5CC5C4)c3)c2=O)CC1. The number of aromatic nitrogens is 6. The van der Waals surface area contributed by atoms with E-state index in [0.717, 1.165) is 53.2 Å². The zero-order chi connectivity index (χ0) is 29.9. The molecule has 226 valence electrons. The Morgan fingerprint density at radius 2 is 1.86 bits per heavy atom. The zero-order valence-electron chi connectivity index (χ0n) is 23.3. The maximum atomic E-state index is 13.6. The van der Waals surface area contributed by atoms with Gasteiger partial charge in [-0.3, -0.25) is 18.8 Å². The van der Waals surface area contributed by atoms with E-state index in [-0.39, 0.29) is 38.0 Å². The molecule has 0 spiro atoms. The molecule has 14 heteroatoms. The maximum absolute atomic E-state index is 13.6. The number of alkyl halides is 2. The van der Waals surface area contributed by atoms with Gasteiger partial charge in [-0.25, -0.2) is 18.4 Å². The number of carbonyl (C=O) groups is 1. The Bertz CT molecular complexity index is 1720. The van der Waals surface area contributed by atoms with E-state index >= 15 is 0 Å². The molecule has 1 aliphatic carbocycles. The molecule has 2 unspecified atom stereocenters. The van der Waals surface area contributed by atoms with Crippen LogP contribution in [0, 0.1) is 17.8 Å². The molecule has 7 rings (SSSR count). The average Bonchev–Trinajstić information content (AvgIpc) is 3.33. The van der Waals surface area contributed by atoms with Gasteiger partial charge in [-0.1, -0.05) is 6.07 Å². The second-order valence-electron chi connectivity index (χ2n) is 12.0. The fourth-order valence-electron chi connectivity index (χ4n) is 6.43. The third-order valence-electron chi connectivity index (χ3n) is 9.07. The van der Waals surface area contributed by atoms with Crippen LogP contribution in [-0.4, -0.2) is 83.2 Å². The summed E-state index contributed by atoms with van der Waals surface area (Å²) < 4.78 is 44.2. The van der Waals surface area contributed by atoms with Crippen molar-refractivity contribution in [3.05, 3.63) is 65.4 Å². The molecule has 0 bridgehead atoms. The molecule has 0 radical (unpaired) electrons. The van der Waals surface area contributed by atoms with Crippen molar-refractivity contribution in [3.63, 3.8) is 0 Å². The van der Waals surface area contributed by atoms with Crippen LogP contribution < -0.4 is 10.5 Å². The first-order valence-corrected chi connectivity index (χ1v) is 14.4. The Kier molecular flexibility index (Phi) is 6.75. The quantitative estimate of drug-likeness (QED) is 0.333. The highest BCUT2D eigenvalue weighted by atomic mass is 19.3. The van der Waals surface area contributed by atoms with Gasteiger partial charge in [0, 0.05) is 44.1 Å². The summed E-state index contributed by atoms with van der Waals surface area (Å²) in [6.45, 7) is 2.33. The number of likely N-dealkylation sites (tertiary alicyclic amines) is 1. The number of piperidine rings is 2. The Labute approximate surface area is 244 Å². The van der Waals surface area contributed by atoms with Gasteiger partial charge in [-0.2, -0.15) is 9.49 Å². The molecule has 5 heterocycles. The normalized spacial score (nSPS) is 21.9. The van der Waals surface area contributed by atoms with Gasteiger partial charge in [0.05, 0.1) is 30.5 Å². The molecule has 1 saturated carbocycles. The van der Waals surface area contributed by atoms with Crippen LogP contribution in [-0.2, 0) is 11.3 Å². The molecule has 1 aromatic carbocycles. The minimum absolute atomic E-state index is 0.0407. The lowest BCUT2D eigenvalue weighted by Gasteiger charge is -2.38. The lowest BCUT2D eigenvalue weighted by molar-refractivity contribution is -0.138. The Hall–Kier alpha value is -4.20. The molecule has 3 fully saturated rings. The molecule has 11 nitrogen and oxygen atoms in total. The minimum Gasteiger partial charge on any atom is -0.388 e. The Morgan fingerprint density at radius 3 is 2.56 bits per heavy atom. The van der Waals surface area contributed by atoms with Gasteiger partial charge in [0.15, 0.2) is 5.65 Å². The van der Waals surface area contributed by atoms with Crippen LogP contribution in [0.15, 0.2) is 53.8 Å². The van der Waals surface area contributed by atoms with Crippen LogP contribution >= 0.6 is 0 Å². The summed E-state index contributed by atoms with van der Waals surface area (Å²) in [6, 6.07) is 7.39. The highest BCUT2D eigenvalue weighted by Crippen LogP contribution is 2.46. The summed E-state index contributed by atoms with van der Waals surface area (Å²) in [6.07, 6.45) is 2.09. The zero-order valence-corrected chi connectivity index (χ0v) is 23.3. The van der Waals surface area contributed by atoms with E-state index in [1.54, 1.807) is 4.68 Å². The predicted octanol–water partition coefficient (Wildman–Crippen LogP) is 2.62. The van der Waals surface area contributed by atoms with E-state index in [9.17, 15) is 27.9 Å². The lowest BCUT2D eigenvalue weighted by atomic mass is 9.91. The smallest absolute Gasteiger partial charge is 0.264 e. The lowest BCUT2D eigenvalue weighted by Crippen LogP contribution is -2.50. The van der Waals surface area contributed by atoms with Gasteiger partial charge in [0.2, 0.25) is 11.9 Å². The summed E-state index contributed by atoms with van der Waals surface area (Å²) >= 11 is 0. The van der Waals surface area contributed by atoms with Crippen LogP contribution in [0.1, 0.15) is 31.7 Å². The molecular weight excluding hydrogens is 565 g/mol. The van der Waals surface area contributed by atoms with Crippen LogP contribution in [0.3, 0.4) is 0 Å². The number of benzene rings is 1. The number of hydrogen-bond acceptors (Lipinski definition) is 7. The Balaban J connectivity index is 1.02. The molecule has 2 aliphatic heterocycles. The van der Waals surface area contributed by atoms with Crippen molar-refractivity contribution in [1.29, 1.82) is 0 Å². The molecule has 1 amide bonds. The number of hydrogen-bond donors (Lipinski definition) is 1. The van der Waals surface area contributed by atoms with E-state index in [0.29, 0.717) is 11.0 Å². The summed E-state index contributed by atoms with van der Waals surface area (Å²) in [5, 5.41) is 19.4. The summed E-state index contributed by atoms with van der Waals surface area (Å²) in [5.74, 6) is 0.157. The van der Waals surface area contributed by atoms with Gasteiger partial charge < -0.3 is 14.9 Å². The van der Waals surface area contributed by atoms with Gasteiger partial charge in [-0.15, -0.1) is 5.10 Å². The molecular formula is C29H31F3N8O3. The third-order valence-corrected chi connectivity index (χ3v) is 9.07. The number of nitrogens with zero attached hydrogens (tertiary/aromatic N) is 8. The first-order chi connectivity index (χ1) is 20.7. The second kappa shape index (κ2) is 10.5. The molecule has 2 saturated heterocycles. The first-order valence-electron chi connectivity index (χ1n) is 14.4. The average molecular weight is 597 g/mol. The monoisotopic (exact) mass is 596 g/mol. The summed E-state index contributed by atoms with van der Waals surface area (Å²) in [7, 11) is 0. The number of anilines is 1. The van der Waals surface area contributed by atoms with Crippen LogP contribution in [0.2, 0.25) is 0 Å². The highest BCUT2D eigenvalue weighted by Gasteiger charge is 2.45. The fourth-order valence-corrected chi connectivity index (χ4v) is 6.43. The van der Waals surface area contributed by atoms with Crippen molar-refractivity contribution in [2.75, 3.05) is 31.1 Å². The maximum Gasteiger partial charge on any atom is 0.264 e. The van der Waals surface area contributed by atoms with Gasteiger partial charge in [-0.05, 0) is 49.3 Å². The van der Waals surface area contributed by atoms with Crippen LogP contribution in [0.25, 0.3) is 16.7 Å². The van der Waals surface area contributed by atoms with Crippen molar-refractivity contribution in [3.8, 4) is 5.69 Å². The number of fused-ring (bicyclic) bond motifs is 2. The van der Waals surface area contributed by atoms with Gasteiger partial charge in [0.1, 0.15) is 17.8 Å². The van der Waals surface area contributed by atoms with Crippen molar-refractivity contribution in [2.45, 2.75) is 50.3 Å². The van der Waals surface area contributed by atoms with Crippen LogP contribution in [0.5, 0.6) is 0 Å². The second-order valence-corrected chi connectivity index (χ2v) is 12.0. The van der Waals surface area contributed by atoms with Crippen molar-refractivity contribution < 1.29 is 23.1 Å². The van der Waals surface area contributed by atoms with E-state index < -0.39 is 36.3 Å². The van der Waals surface area contributed by atoms with Gasteiger partial charge >= 0.3 is 0 Å². The van der Waals surface area contributed by atoms with Crippen molar-refractivity contribution in [2.24, 2.45) is 11.8 Å². The van der Waals surface area contributed by atoms with Crippen molar-refractivity contribution in [1.82, 2.24) is 34.0 Å². The standard InChI is InChI=1S/C29H31F3N8O3/c30-24-4-7-39(35-24)23(26(31)32)12-25(41)36-8-5-29(43,6-9-36)16-38-17-33-27-22(28(38)42)13-34-40(27)21-3-1-2-20(11-21)37-14-18-10-19(18)15-37/h1-4,7,11,13,17-19,23,26,43H,5-6,8-10,12,14-16H2/t18?,19?,23-/m0/s1. The third kappa shape index (κ3) is 5.28. The molecule has 43 heavy (non-hydrogen) atoms. The van der Waals surface area contributed by atoms with Crippen molar-refractivity contribution >= 4 is 22.6 Å². The largest absolute Gasteiger partial charge is 0.388 e. The van der Waals surface area contributed by atoms with Crippen LogP contribution in [0.4, 0.5) is 18.9 Å². The molecule has 3 aromatic heterocycles. The number of aliphatic hydroxyl groups is 1.